The molecule has 0 saturated heterocycles. The molecule has 0 heterocycles. The zero-order valence-corrected chi connectivity index (χ0v) is 18.3. The minimum absolute atomic E-state index is 0.147. The zero-order chi connectivity index (χ0) is 23.6. The molecule has 0 amide bonds. The highest BCUT2D eigenvalue weighted by atomic mass is 19.4. The van der Waals surface area contributed by atoms with Gasteiger partial charge >= 0.3 is 18.3 Å². The fourth-order valence-corrected chi connectivity index (χ4v) is 6.75. The van der Waals surface area contributed by atoms with E-state index < -0.39 is 47.8 Å². The molecule has 4 aliphatic carbocycles. The molecule has 0 spiro atoms. The number of aliphatic hydroxyl groups is 1. The Morgan fingerprint density at radius 1 is 0.903 bits per heavy atom. The normalized spacial score (nSPS) is 33.3. The second-order valence-electron chi connectivity index (χ2n) is 10.8. The van der Waals surface area contributed by atoms with E-state index in [1.54, 1.807) is 13.8 Å². The first-order chi connectivity index (χ1) is 14.0. The summed E-state index contributed by atoms with van der Waals surface area (Å²) in [5, 5.41) is 9.46. The van der Waals surface area contributed by atoms with Crippen LogP contribution in [-0.2, 0) is 9.53 Å². The third kappa shape index (κ3) is 4.44. The van der Waals surface area contributed by atoms with E-state index >= 15 is 0 Å². The van der Waals surface area contributed by atoms with Crippen LogP contribution < -0.4 is 0 Å². The first-order valence-electron chi connectivity index (χ1n) is 11.0. The minimum atomic E-state index is -5.90. The number of hydrogen-bond acceptors (Lipinski definition) is 3. The molecule has 2 atom stereocenters. The van der Waals surface area contributed by atoms with Crippen molar-refractivity contribution in [3.05, 3.63) is 0 Å². The molecular weight excluding hydrogens is 426 g/mol. The summed E-state index contributed by atoms with van der Waals surface area (Å²) in [6, 6.07) is 0. The van der Waals surface area contributed by atoms with Gasteiger partial charge in [-0.1, -0.05) is 13.8 Å². The van der Waals surface area contributed by atoms with Crippen molar-refractivity contribution >= 4 is 5.97 Å². The number of hydrogen-bond donors (Lipinski definition) is 1. The van der Waals surface area contributed by atoms with Crippen LogP contribution in [0.25, 0.3) is 0 Å². The molecule has 4 rings (SSSR count). The third-order valence-electron chi connectivity index (χ3n) is 8.17. The molecule has 0 aliphatic heterocycles. The van der Waals surface area contributed by atoms with E-state index in [1.165, 1.54) is 13.3 Å². The van der Waals surface area contributed by atoms with Gasteiger partial charge in [-0.05, 0) is 82.0 Å². The van der Waals surface area contributed by atoms with Gasteiger partial charge in [-0.15, -0.1) is 0 Å². The summed E-state index contributed by atoms with van der Waals surface area (Å²) in [6.45, 7) is 5.96. The van der Waals surface area contributed by atoms with Crippen LogP contribution in [0.5, 0.6) is 0 Å². The predicted octanol–water partition coefficient (Wildman–Crippen LogP) is 5.90. The second-order valence-corrected chi connectivity index (χ2v) is 10.8. The maximum absolute atomic E-state index is 13.0. The number of alkyl halides is 6. The summed E-state index contributed by atoms with van der Waals surface area (Å²) >= 11 is 0. The van der Waals surface area contributed by atoms with Crippen LogP contribution >= 0.6 is 0 Å². The van der Waals surface area contributed by atoms with Crippen molar-refractivity contribution < 1.29 is 41.0 Å². The highest BCUT2D eigenvalue weighted by molar-refractivity contribution is 5.72. The Morgan fingerprint density at radius 3 is 1.71 bits per heavy atom. The smallest absolute Gasteiger partial charge is 0.426 e. The lowest BCUT2D eigenvalue weighted by atomic mass is 9.49. The van der Waals surface area contributed by atoms with Gasteiger partial charge in [0.2, 0.25) is 0 Å². The summed E-state index contributed by atoms with van der Waals surface area (Å²) in [5.74, 6) is -0.993. The van der Waals surface area contributed by atoms with Crippen molar-refractivity contribution in [2.45, 2.75) is 89.8 Å². The topological polar surface area (TPSA) is 46.5 Å². The molecule has 1 N–H and O–H groups in total. The molecule has 0 radical (unpaired) electrons. The maximum atomic E-state index is 13.0. The molecule has 4 bridgehead atoms. The molecule has 0 aromatic carbocycles. The van der Waals surface area contributed by atoms with Crippen molar-refractivity contribution in [3.63, 3.8) is 0 Å². The Kier molecular flexibility index (Phi) is 6.20. The predicted molar refractivity (Wildman–Crippen MR) is 101 cm³/mol. The first-order valence-corrected chi connectivity index (χ1v) is 11.0. The van der Waals surface area contributed by atoms with E-state index in [1.807, 2.05) is 0 Å². The summed E-state index contributed by atoms with van der Waals surface area (Å²) in [4.78, 5) is 12.8. The summed E-state index contributed by atoms with van der Waals surface area (Å²) in [6.07, 6.45) is -7.83. The van der Waals surface area contributed by atoms with Crippen molar-refractivity contribution in [1.29, 1.82) is 0 Å². The third-order valence-corrected chi connectivity index (χ3v) is 8.17. The quantitative estimate of drug-likeness (QED) is 0.398. The molecular formula is C22H32F6O3. The Labute approximate surface area is 178 Å². The van der Waals surface area contributed by atoms with Gasteiger partial charge in [0.15, 0.2) is 0 Å². The Hall–Kier alpha value is -0.990. The lowest BCUT2D eigenvalue weighted by Crippen LogP contribution is -2.58. The summed E-state index contributed by atoms with van der Waals surface area (Å²) < 4.78 is 83.9. The van der Waals surface area contributed by atoms with Crippen molar-refractivity contribution in [2.24, 2.45) is 41.4 Å². The molecule has 4 fully saturated rings. The van der Waals surface area contributed by atoms with E-state index in [2.05, 4.69) is 0 Å². The van der Waals surface area contributed by atoms with Crippen molar-refractivity contribution in [2.75, 3.05) is 0 Å². The van der Waals surface area contributed by atoms with Crippen LogP contribution in [0.3, 0.4) is 0 Å². The van der Waals surface area contributed by atoms with Crippen LogP contribution in [-0.4, -0.2) is 34.6 Å². The Morgan fingerprint density at radius 2 is 1.32 bits per heavy atom. The second kappa shape index (κ2) is 7.80. The van der Waals surface area contributed by atoms with E-state index in [-0.39, 0.29) is 5.92 Å². The monoisotopic (exact) mass is 458 g/mol. The number of esters is 1. The maximum Gasteiger partial charge on any atom is 0.426 e. The lowest BCUT2D eigenvalue weighted by Gasteiger charge is -2.58. The molecule has 0 aromatic heterocycles. The molecule has 4 saturated carbocycles. The Balaban J connectivity index is 1.68. The number of ether oxygens (including phenoxy) is 1. The van der Waals surface area contributed by atoms with Crippen molar-refractivity contribution in [1.82, 2.24) is 0 Å². The molecule has 0 aromatic rings. The van der Waals surface area contributed by atoms with Gasteiger partial charge in [0.25, 0.3) is 5.60 Å². The van der Waals surface area contributed by atoms with E-state index in [0.717, 1.165) is 32.6 Å². The van der Waals surface area contributed by atoms with Crippen LogP contribution in [0.1, 0.15) is 66.2 Å². The van der Waals surface area contributed by atoms with E-state index in [9.17, 15) is 36.2 Å². The standard InChI is InChI=1S/C22H32F6O3/c1-11(10-20(30,21(23,24)25)22(26,27)28)12(2)18(29)31-19(3,4)17-15-6-13-5-14(8-15)9-16(17)7-13/h11-17,30H,5-10H2,1-4H3. The summed E-state index contributed by atoms with van der Waals surface area (Å²) in [5.41, 5.74) is -5.72. The van der Waals surface area contributed by atoms with Gasteiger partial charge in [-0.2, -0.15) is 26.3 Å². The van der Waals surface area contributed by atoms with E-state index in [0.29, 0.717) is 23.7 Å². The van der Waals surface area contributed by atoms with Gasteiger partial charge in [-0.25, -0.2) is 0 Å². The average Bonchev–Trinajstić information content (AvgIpc) is 2.57. The van der Waals surface area contributed by atoms with E-state index in [4.69, 9.17) is 4.74 Å². The average molecular weight is 458 g/mol. The van der Waals surface area contributed by atoms with Crippen LogP contribution in [0, 0.1) is 41.4 Å². The van der Waals surface area contributed by atoms with Crippen molar-refractivity contribution in [3.8, 4) is 0 Å². The fraction of sp³-hybridized carbons (Fsp3) is 0.955. The number of carbonyl (C=O) groups is 1. The molecule has 4 aliphatic rings. The zero-order valence-electron chi connectivity index (χ0n) is 18.3. The minimum Gasteiger partial charge on any atom is -0.459 e. The highest BCUT2D eigenvalue weighted by Crippen LogP contribution is 2.59. The number of rotatable bonds is 6. The van der Waals surface area contributed by atoms with Gasteiger partial charge < -0.3 is 9.84 Å². The molecule has 31 heavy (non-hydrogen) atoms. The van der Waals surface area contributed by atoms with Crippen LogP contribution in [0.15, 0.2) is 0 Å². The SMILES string of the molecule is CC(CC(O)(C(F)(F)F)C(F)(F)F)C(C)C(=O)OC(C)(C)C1C2CC3CC(C2)CC1C3. The number of halogens is 6. The molecule has 3 nitrogen and oxygen atoms in total. The summed E-state index contributed by atoms with van der Waals surface area (Å²) in [7, 11) is 0. The van der Waals surface area contributed by atoms with Crippen LogP contribution in [0.2, 0.25) is 0 Å². The number of carbonyl (C=O) groups excluding carboxylic acids is 1. The molecule has 9 heteroatoms. The molecule has 180 valence electrons. The van der Waals surface area contributed by atoms with Gasteiger partial charge in [-0.3, -0.25) is 4.79 Å². The molecule has 2 unspecified atom stereocenters. The highest BCUT2D eigenvalue weighted by Gasteiger charge is 2.70. The largest absolute Gasteiger partial charge is 0.459 e. The van der Waals surface area contributed by atoms with Gasteiger partial charge in [0.05, 0.1) is 5.92 Å². The lowest BCUT2D eigenvalue weighted by molar-refractivity contribution is -0.373. The Bertz CT molecular complexity index is 642. The van der Waals surface area contributed by atoms with Gasteiger partial charge in [0, 0.05) is 5.92 Å². The fourth-order valence-electron chi connectivity index (χ4n) is 6.75. The van der Waals surface area contributed by atoms with Gasteiger partial charge in [0.1, 0.15) is 5.60 Å². The first kappa shape index (κ1) is 24.6. The van der Waals surface area contributed by atoms with Crippen LogP contribution in [0.4, 0.5) is 26.3 Å².